The van der Waals surface area contributed by atoms with Crippen molar-refractivity contribution in [1.82, 2.24) is 10.1 Å². The summed E-state index contributed by atoms with van der Waals surface area (Å²) >= 11 is 1.37. The van der Waals surface area contributed by atoms with Crippen molar-refractivity contribution < 1.29 is 14.1 Å². The molecule has 2 heterocycles. The number of carbonyl (C=O) groups excluding carboxylic acids is 1. The van der Waals surface area contributed by atoms with E-state index in [1.165, 1.54) is 23.6 Å². The maximum atomic E-state index is 11.8. The first-order valence-electron chi connectivity index (χ1n) is 5.43. The lowest BCUT2D eigenvalue weighted by Crippen LogP contribution is -2.10. The molecule has 0 spiro atoms. The molecule has 0 aliphatic carbocycles. The highest BCUT2D eigenvalue weighted by Gasteiger charge is 2.14. The van der Waals surface area contributed by atoms with Crippen molar-refractivity contribution in [2.24, 2.45) is 0 Å². The van der Waals surface area contributed by atoms with Crippen LogP contribution in [-0.2, 0) is 0 Å². The number of rotatable bonds is 3. The molecule has 1 N–H and O–H groups in total. The molecule has 2 aromatic heterocycles. The third kappa shape index (κ3) is 2.15. The lowest BCUT2D eigenvalue weighted by atomic mass is 10.3. The number of ether oxygens (including phenoxy) is 1. The Morgan fingerprint density at radius 3 is 3.05 bits per heavy atom. The van der Waals surface area contributed by atoms with Crippen LogP contribution in [-0.4, -0.2) is 23.2 Å². The normalized spacial score (nSPS) is 10.6. The van der Waals surface area contributed by atoms with Gasteiger partial charge in [0.25, 0.3) is 5.91 Å². The number of benzene rings is 1. The molecule has 0 unspecified atom stereocenters. The van der Waals surface area contributed by atoms with Crippen LogP contribution in [0.15, 0.2) is 35.0 Å². The van der Waals surface area contributed by atoms with E-state index >= 15 is 0 Å². The molecule has 3 aromatic rings. The summed E-state index contributed by atoms with van der Waals surface area (Å²) in [6.07, 6.45) is 1.41. The molecule has 0 atom stereocenters. The Morgan fingerprint density at radius 2 is 2.32 bits per heavy atom. The van der Waals surface area contributed by atoms with E-state index in [2.05, 4.69) is 15.5 Å². The number of amides is 1. The Bertz CT molecular complexity index is 721. The second-order valence-electron chi connectivity index (χ2n) is 3.66. The molecule has 96 valence electrons. The summed E-state index contributed by atoms with van der Waals surface area (Å²) in [5.41, 5.74) is 0.725. The Hall–Kier alpha value is -2.41. The van der Waals surface area contributed by atoms with Crippen molar-refractivity contribution in [3.63, 3.8) is 0 Å². The van der Waals surface area contributed by atoms with Gasteiger partial charge < -0.3 is 9.26 Å². The predicted molar refractivity (Wildman–Crippen MR) is 70.6 cm³/mol. The van der Waals surface area contributed by atoms with Crippen LogP contribution < -0.4 is 10.1 Å². The first-order valence-corrected chi connectivity index (χ1v) is 6.25. The monoisotopic (exact) mass is 275 g/mol. The van der Waals surface area contributed by atoms with Crippen LogP contribution >= 0.6 is 11.3 Å². The lowest BCUT2D eigenvalue weighted by molar-refractivity contribution is 0.0988. The molecular weight excluding hydrogens is 266 g/mol. The fourth-order valence-corrected chi connectivity index (χ4v) is 2.51. The SMILES string of the molecule is COc1cccc2sc(NC(=O)c3ccno3)nc12. The average molecular weight is 275 g/mol. The number of nitrogens with one attached hydrogen (secondary N) is 1. The van der Waals surface area contributed by atoms with Gasteiger partial charge in [-0.1, -0.05) is 22.6 Å². The third-order valence-corrected chi connectivity index (χ3v) is 3.42. The Labute approximate surface area is 112 Å². The number of thiazole rings is 1. The fraction of sp³-hybridized carbons (Fsp3) is 0.0833. The smallest absolute Gasteiger partial charge is 0.296 e. The summed E-state index contributed by atoms with van der Waals surface area (Å²) < 4.78 is 10.9. The van der Waals surface area contributed by atoms with Gasteiger partial charge in [0.1, 0.15) is 11.3 Å². The number of hydrogen-bond donors (Lipinski definition) is 1. The van der Waals surface area contributed by atoms with Gasteiger partial charge in [-0.3, -0.25) is 10.1 Å². The van der Waals surface area contributed by atoms with Crippen LogP contribution in [0.5, 0.6) is 5.75 Å². The van der Waals surface area contributed by atoms with Crippen LogP contribution in [0.1, 0.15) is 10.6 Å². The fourth-order valence-electron chi connectivity index (χ4n) is 1.63. The van der Waals surface area contributed by atoms with E-state index in [9.17, 15) is 4.79 Å². The number of nitrogens with zero attached hydrogens (tertiary/aromatic N) is 2. The van der Waals surface area contributed by atoms with Gasteiger partial charge in [-0.05, 0) is 12.1 Å². The average Bonchev–Trinajstić information content (AvgIpc) is 3.06. The number of para-hydroxylation sites is 1. The summed E-state index contributed by atoms with van der Waals surface area (Å²) in [6.45, 7) is 0. The summed E-state index contributed by atoms with van der Waals surface area (Å²) in [7, 11) is 1.58. The Kier molecular flexibility index (Phi) is 2.88. The van der Waals surface area contributed by atoms with Crippen molar-refractivity contribution >= 4 is 32.6 Å². The molecule has 7 heteroatoms. The zero-order valence-electron chi connectivity index (χ0n) is 9.91. The van der Waals surface area contributed by atoms with E-state index in [4.69, 9.17) is 9.26 Å². The summed E-state index contributed by atoms with van der Waals surface area (Å²) in [4.78, 5) is 16.1. The van der Waals surface area contributed by atoms with Crippen LogP contribution in [0.2, 0.25) is 0 Å². The molecule has 19 heavy (non-hydrogen) atoms. The first-order chi connectivity index (χ1) is 9.28. The molecule has 1 amide bonds. The second kappa shape index (κ2) is 4.69. The second-order valence-corrected chi connectivity index (χ2v) is 4.69. The van der Waals surface area contributed by atoms with E-state index in [1.54, 1.807) is 7.11 Å². The van der Waals surface area contributed by atoms with Crippen molar-refractivity contribution in [3.8, 4) is 5.75 Å². The topological polar surface area (TPSA) is 77.2 Å². The van der Waals surface area contributed by atoms with Crippen molar-refractivity contribution in [1.29, 1.82) is 0 Å². The number of hydrogen-bond acceptors (Lipinski definition) is 6. The number of aromatic nitrogens is 2. The minimum atomic E-state index is -0.379. The standard InChI is InChI=1S/C12H9N3O3S/c1-17-7-3-2-4-9-10(7)14-12(19-9)15-11(16)8-5-6-13-18-8/h2-6H,1H3,(H,14,15,16). The molecule has 0 saturated carbocycles. The number of methoxy groups -OCH3 is 1. The number of anilines is 1. The highest BCUT2D eigenvalue weighted by molar-refractivity contribution is 7.22. The van der Waals surface area contributed by atoms with E-state index in [1.807, 2.05) is 18.2 Å². The number of carbonyl (C=O) groups is 1. The molecule has 0 radical (unpaired) electrons. The van der Waals surface area contributed by atoms with Crippen molar-refractivity contribution in [3.05, 3.63) is 36.2 Å². The first kappa shape index (κ1) is 11.7. The van der Waals surface area contributed by atoms with Crippen molar-refractivity contribution in [2.75, 3.05) is 12.4 Å². The van der Waals surface area contributed by atoms with E-state index < -0.39 is 0 Å². The molecule has 0 saturated heterocycles. The molecule has 0 aliphatic rings. The highest BCUT2D eigenvalue weighted by Crippen LogP contribution is 2.32. The largest absolute Gasteiger partial charge is 0.494 e. The molecule has 1 aromatic carbocycles. The number of fused-ring (bicyclic) bond motifs is 1. The summed E-state index contributed by atoms with van der Waals surface area (Å²) in [6, 6.07) is 7.11. The van der Waals surface area contributed by atoms with Gasteiger partial charge >= 0.3 is 0 Å². The zero-order chi connectivity index (χ0) is 13.2. The molecule has 6 nitrogen and oxygen atoms in total. The van der Waals surface area contributed by atoms with E-state index in [-0.39, 0.29) is 11.7 Å². The summed E-state index contributed by atoms with van der Waals surface area (Å²) in [5.74, 6) is 0.440. The predicted octanol–water partition coefficient (Wildman–Crippen LogP) is 2.55. The highest BCUT2D eigenvalue weighted by atomic mass is 32.1. The van der Waals surface area contributed by atoms with Crippen LogP contribution in [0.25, 0.3) is 10.2 Å². The minimum Gasteiger partial charge on any atom is -0.494 e. The Morgan fingerprint density at radius 1 is 1.42 bits per heavy atom. The van der Waals surface area contributed by atoms with Gasteiger partial charge in [0.15, 0.2) is 5.13 Å². The van der Waals surface area contributed by atoms with Crippen LogP contribution in [0.4, 0.5) is 5.13 Å². The molecule has 0 bridgehead atoms. The molecular formula is C12H9N3O3S. The Balaban J connectivity index is 1.92. The lowest BCUT2D eigenvalue weighted by Gasteiger charge is -1.98. The van der Waals surface area contributed by atoms with Gasteiger partial charge in [-0.15, -0.1) is 0 Å². The zero-order valence-corrected chi connectivity index (χ0v) is 10.7. The van der Waals surface area contributed by atoms with Gasteiger partial charge in [-0.25, -0.2) is 4.98 Å². The minimum absolute atomic E-state index is 0.145. The molecule has 0 aliphatic heterocycles. The van der Waals surface area contributed by atoms with Gasteiger partial charge in [0.05, 0.1) is 18.0 Å². The molecule has 3 rings (SSSR count). The van der Waals surface area contributed by atoms with Crippen LogP contribution in [0.3, 0.4) is 0 Å². The van der Waals surface area contributed by atoms with Gasteiger partial charge in [0.2, 0.25) is 5.76 Å². The van der Waals surface area contributed by atoms with Gasteiger partial charge in [-0.2, -0.15) is 0 Å². The maximum Gasteiger partial charge on any atom is 0.296 e. The van der Waals surface area contributed by atoms with E-state index in [0.717, 1.165) is 10.2 Å². The quantitative estimate of drug-likeness (QED) is 0.794. The molecule has 0 fully saturated rings. The van der Waals surface area contributed by atoms with Gasteiger partial charge in [0, 0.05) is 6.07 Å². The summed E-state index contributed by atoms with van der Waals surface area (Å²) in [5, 5.41) is 6.63. The van der Waals surface area contributed by atoms with Crippen LogP contribution in [0, 0.1) is 0 Å². The maximum absolute atomic E-state index is 11.8. The van der Waals surface area contributed by atoms with Crippen molar-refractivity contribution in [2.45, 2.75) is 0 Å². The van der Waals surface area contributed by atoms with E-state index in [0.29, 0.717) is 10.9 Å². The third-order valence-electron chi connectivity index (χ3n) is 2.48.